The predicted molar refractivity (Wildman–Crippen MR) is 91.3 cm³/mol. The van der Waals surface area contributed by atoms with Gasteiger partial charge in [-0.25, -0.2) is 4.98 Å². The van der Waals surface area contributed by atoms with Crippen LogP contribution in [0, 0.1) is 0 Å². The molecule has 3 aromatic rings. The Kier molecular flexibility index (Phi) is 4.72. The van der Waals surface area contributed by atoms with Crippen molar-refractivity contribution in [2.24, 2.45) is 0 Å². The number of benzene rings is 2. The number of hydrogen-bond acceptors (Lipinski definition) is 4. The Morgan fingerprint density at radius 1 is 1.04 bits per heavy atom. The van der Waals surface area contributed by atoms with Crippen LogP contribution in [0.4, 0.5) is 0 Å². The van der Waals surface area contributed by atoms with Crippen molar-refractivity contribution in [2.45, 2.75) is 6.54 Å². The highest BCUT2D eigenvalue weighted by atomic mass is 16.4. The second-order valence-corrected chi connectivity index (χ2v) is 5.58. The minimum atomic E-state index is -0.879. The highest BCUT2D eigenvalue weighted by Crippen LogP contribution is 2.32. The Bertz CT molecular complexity index is 756. The summed E-state index contributed by atoms with van der Waals surface area (Å²) >= 11 is 0. The third-order valence-electron chi connectivity index (χ3n) is 3.57. The van der Waals surface area contributed by atoms with Crippen molar-refractivity contribution in [3.63, 3.8) is 0 Å². The van der Waals surface area contributed by atoms with Gasteiger partial charge in [-0.2, -0.15) is 0 Å². The van der Waals surface area contributed by atoms with Gasteiger partial charge in [0.2, 0.25) is 5.89 Å². The van der Waals surface area contributed by atoms with E-state index in [-0.39, 0.29) is 6.54 Å². The summed E-state index contributed by atoms with van der Waals surface area (Å²) < 4.78 is 5.96. The molecule has 0 saturated carbocycles. The van der Waals surface area contributed by atoms with Gasteiger partial charge in [0.25, 0.3) is 0 Å². The molecular formula is C19H18N2O3. The van der Waals surface area contributed by atoms with Gasteiger partial charge in [-0.05, 0) is 7.05 Å². The van der Waals surface area contributed by atoms with Crippen molar-refractivity contribution < 1.29 is 14.3 Å². The van der Waals surface area contributed by atoms with Crippen molar-refractivity contribution in [3.8, 4) is 22.6 Å². The molecule has 0 spiro atoms. The minimum Gasteiger partial charge on any atom is -0.480 e. The van der Waals surface area contributed by atoms with Crippen molar-refractivity contribution in [2.75, 3.05) is 13.6 Å². The van der Waals surface area contributed by atoms with Crippen LogP contribution in [0.15, 0.2) is 65.1 Å². The zero-order chi connectivity index (χ0) is 16.9. The Morgan fingerprint density at radius 2 is 1.62 bits per heavy atom. The van der Waals surface area contributed by atoms with Crippen molar-refractivity contribution in [1.82, 2.24) is 9.88 Å². The smallest absolute Gasteiger partial charge is 0.317 e. The number of carbonyl (C=O) groups is 1. The quantitative estimate of drug-likeness (QED) is 0.752. The van der Waals surface area contributed by atoms with Gasteiger partial charge in [0.1, 0.15) is 5.69 Å². The van der Waals surface area contributed by atoms with E-state index in [2.05, 4.69) is 4.98 Å². The lowest BCUT2D eigenvalue weighted by Gasteiger charge is -2.10. The van der Waals surface area contributed by atoms with Crippen molar-refractivity contribution in [1.29, 1.82) is 0 Å². The maximum absolute atomic E-state index is 10.8. The van der Waals surface area contributed by atoms with Gasteiger partial charge in [-0.3, -0.25) is 9.69 Å². The monoisotopic (exact) mass is 322 g/mol. The lowest BCUT2D eigenvalue weighted by molar-refractivity contribution is -0.138. The number of nitrogens with zero attached hydrogens (tertiary/aromatic N) is 2. The van der Waals surface area contributed by atoms with Crippen LogP contribution in [0.25, 0.3) is 22.6 Å². The zero-order valence-electron chi connectivity index (χ0n) is 13.3. The SMILES string of the molecule is CN(CC(=O)O)Cc1nc(-c2ccccc2)c(-c2ccccc2)o1. The number of carboxylic acids is 1. The number of rotatable bonds is 6. The lowest BCUT2D eigenvalue weighted by Crippen LogP contribution is -2.25. The molecule has 1 heterocycles. The number of aromatic nitrogens is 1. The zero-order valence-corrected chi connectivity index (χ0v) is 13.3. The summed E-state index contributed by atoms with van der Waals surface area (Å²) in [5.74, 6) is 0.313. The molecule has 0 unspecified atom stereocenters. The fourth-order valence-electron chi connectivity index (χ4n) is 2.53. The summed E-state index contributed by atoms with van der Waals surface area (Å²) in [7, 11) is 1.72. The van der Waals surface area contributed by atoms with Crippen LogP contribution in [-0.2, 0) is 11.3 Å². The molecule has 3 rings (SSSR count). The summed E-state index contributed by atoms with van der Waals surface area (Å²) in [4.78, 5) is 17.1. The summed E-state index contributed by atoms with van der Waals surface area (Å²) in [6.07, 6.45) is 0. The number of oxazole rings is 1. The van der Waals surface area contributed by atoms with Crippen LogP contribution in [0.3, 0.4) is 0 Å². The van der Waals surface area contributed by atoms with Gasteiger partial charge in [-0.1, -0.05) is 60.7 Å². The highest BCUT2D eigenvalue weighted by Gasteiger charge is 2.18. The molecule has 5 heteroatoms. The minimum absolute atomic E-state index is 0.0658. The summed E-state index contributed by atoms with van der Waals surface area (Å²) in [5, 5.41) is 8.89. The summed E-state index contributed by atoms with van der Waals surface area (Å²) in [6, 6.07) is 19.6. The number of hydrogen-bond donors (Lipinski definition) is 1. The number of likely N-dealkylation sites (N-methyl/N-ethyl adjacent to an activating group) is 1. The standard InChI is InChI=1S/C19H18N2O3/c1-21(13-17(22)23)12-16-20-18(14-8-4-2-5-9-14)19(24-16)15-10-6-3-7-11-15/h2-11H,12-13H2,1H3,(H,22,23). The Morgan fingerprint density at radius 3 is 2.21 bits per heavy atom. The first kappa shape index (κ1) is 16.0. The molecule has 0 atom stereocenters. The van der Waals surface area contributed by atoms with Gasteiger partial charge in [-0.15, -0.1) is 0 Å². The fraction of sp³-hybridized carbons (Fsp3) is 0.158. The highest BCUT2D eigenvalue weighted by molar-refractivity contribution is 5.76. The van der Waals surface area contributed by atoms with E-state index in [9.17, 15) is 4.79 Å². The average Bonchev–Trinajstić information content (AvgIpc) is 2.99. The number of carboxylic acid groups (broad SMARTS) is 1. The largest absolute Gasteiger partial charge is 0.480 e. The first-order valence-corrected chi connectivity index (χ1v) is 7.64. The molecule has 0 bridgehead atoms. The van der Waals surface area contributed by atoms with Gasteiger partial charge in [0, 0.05) is 11.1 Å². The molecule has 5 nitrogen and oxygen atoms in total. The van der Waals surface area contributed by atoms with E-state index in [4.69, 9.17) is 9.52 Å². The average molecular weight is 322 g/mol. The van der Waals surface area contributed by atoms with E-state index >= 15 is 0 Å². The Hall–Kier alpha value is -2.92. The summed E-state index contributed by atoms with van der Waals surface area (Å²) in [6.45, 7) is 0.267. The molecule has 0 amide bonds. The molecule has 24 heavy (non-hydrogen) atoms. The predicted octanol–water partition coefficient (Wildman–Crippen LogP) is 3.53. The molecule has 0 saturated heterocycles. The van der Waals surface area contributed by atoms with Crippen molar-refractivity contribution >= 4 is 5.97 Å². The van der Waals surface area contributed by atoms with Gasteiger partial charge in [0.05, 0.1) is 13.1 Å². The molecule has 0 radical (unpaired) electrons. The Labute approximate surface area is 140 Å². The Balaban J connectivity index is 1.98. The fourth-order valence-corrected chi connectivity index (χ4v) is 2.53. The van der Waals surface area contributed by atoms with E-state index in [1.54, 1.807) is 11.9 Å². The molecule has 2 aromatic carbocycles. The van der Waals surface area contributed by atoms with Crippen molar-refractivity contribution in [3.05, 3.63) is 66.6 Å². The van der Waals surface area contributed by atoms with Crippen LogP contribution < -0.4 is 0 Å². The molecular weight excluding hydrogens is 304 g/mol. The van der Waals surface area contributed by atoms with Crippen LogP contribution in [0.1, 0.15) is 5.89 Å². The number of aliphatic carboxylic acids is 1. The van der Waals surface area contributed by atoms with Crippen LogP contribution in [0.2, 0.25) is 0 Å². The molecule has 1 N–H and O–H groups in total. The van der Waals surface area contributed by atoms with Crippen LogP contribution in [-0.4, -0.2) is 34.6 Å². The van der Waals surface area contributed by atoms with E-state index in [1.807, 2.05) is 60.7 Å². The molecule has 0 fully saturated rings. The molecule has 0 aliphatic heterocycles. The first-order valence-electron chi connectivity index (χ1n) is 7.64. The van der Waals surface area contributed by atoms with Gasteiger partial charge >= 0.3 is 5.97 Å². The van der Waals surface area contributed by atoms with E-state index in [0.717, 1.165) is 16.8 Å². The van der Waals surface area contributed by atoms with Crippen LogP contribution >= 0.6 is 0 Å². The molecule has 122 valence electrons. The molecule has 0 aliphatic carbocycles. The third kappa shape index (κ3) is 3.70. The lowest BCUT2D eigenvalue weighted by atomic mass is 10.1. The summed E-state index contributed by atoms with van der Waals surface area (Å²) in [5.41, 5.74) is 2.67. The van der Waals surface area contributed by atoms with Gasteiger partial charge in [0.15, 0.2) is 5.76 Å². The second-order valence-electron chi connectivity index (χ2n) is 5.58. The van der Waals surface area contributed by atoms with E-state index in [1.165, 1.54) is 0 Å². The van der Waals surface area contributed by atoms with E-state index in [0.29, 0.717) is 18.2 Å². The van der Waals surface area contributed by atoms with Crippen LogP contribution in [0.5, 0.6) is 0 Å². The third-order valence-corrected chi connectivity index (χ3v) is 3.57. The first-order chi connectivity index (χ1) is 11.6. The van der Waals surface area contributed by atoms with E-state index < -0.39 is 5.97 Å². The maximum atomic E-state index is 10.8. The van der Waals surface area contributed by atoms with Gasteiger partial charge < -0.3 is 9.52 Å². The second kappa shape index (κ2) is 7.10. The topological polar surface area (TPSA) is 66.6 Å². The molecule has 1 aromatic heterocycles. The maximum Gasteiger partial charge on any atom is 0.317 e. The normalized spacial score (nSPS) is 10.9. The molecule has 0 aliphatic rings.